The lowest BCUT2D eigenvalue weighted by molar-refractivity contribution is -0.391. The number of halogens is 4. The van der Waals surface area contributed by atoms with Gasteiger partial charge in [0.1, 0.15) is 0 Å². The number of pyridine rings is 1. The van der Waals surface area contributed by atoms with Crippen LogP contribution in [0.4, 0.5) is 19.0 Å². The van der Waals surface area contributed by atoms with Gasteiger partial charge in [0.05, 0.1) is 7.11 Å². The molecule has 0 bridgehead atoms. The zero-order chi connectivity index (χ0) is 15.7. The van der Waals surface area contributed by atoms with E-state index >= 15 is 0 Å². The van der Waals surface area contributed by atoms with Crippen molar-refractivity contribution in [2.24, 2.45) is 0 Å². The number of nitrogens with zero attached hydrogens (tertiary/aromatic N) is 2. The molecule has 112 valence electrons. The van der Waals surface area contributed by atoms with Crippen molar-refractivity contribution in [1.29, 1.82) is 0 Å². The Balaban J connectivity index is 3.62. The van der Waals surface area contributed by atoms with E-state index < -0.39 is 42.7 Å². The predicted molar refractivity (Wildman–Crippen MR) is 57.2 cm³/mol. The maximum atomic E-state index is 12.2. The van der Waals surface area contributed by atoms with Gasteiger partial charge < -0.3 is 19.6 Å². The van der Waals surface area contributed by atoms with Crippen LogP contribution >= 0.6 is 10.7 Å². The molecule has 1 aromatic heterocycles. The van der Waals surface area contributed by atoms with Gasteiger partial charge in [-0.2, -0.15) is 0 Å². The van der Waals surface area contributed by atoms with Crippen LogP contribution in [-0.2, 0) is 9.05 Å². The summed E-state index contributed by atoms with van der Waals surface area (Å²) >= 11 is 0. The predicted octanol–water partition coefficient (Wildman–Crippen LogP) is 1.82. The fourth-order valence-corrected chi connectivity index (χ4v) is 1.80. The number of rotatable bonds is 4. The minimum absolute atomic E-state index is 0.266. The Kier molecular flexibility index (Phi) is 4.29. The highest BCUT2D eigenvalue weighted by Crippen LogP contribution is 2.40. The van der Waals surface area contributed by atoms with Crippen LogP contribution < -0.4 is 9.47 Å². The van der Waals surface area contributed by atoms with Crippen LogP contribution in [0.3, 0.4) is 0 Å². The molecule has 1 rings (SSSR count). The average Bonchev–Trinajstić information content (AvgIpc) is 2.24. The maximum Gasteiger partial charge on any atom is 0.573 e. The molecular weight excluding hydrogens is 333 g/mol. The Labute approximate surface area is 113 Å². The van der Waals surface area contributed by atoms with Gasteiger partial charge in [-0.25, -0.2) is 8.42 Å². The Morgan fingerprint density at radius 3 is 2.35 bits per heavy atom. The molecule has 0 amide bonds. The van der Waals surface area contributed by atoms with Crippen molar-refractivity contribution in [3.8, 4) is 11.5 Å². The lowest BCUT2D eigenvalue weighted by Gasteiger charge is -2.12. The second-order valence-electron chi connectivity index (χ2n) is 3.06. The molecule has 13 heteroatoms. The number of alkyl halides is 3. The smallest absolute Gasteiger partial charge is 0.486 e. The lowest BCUT2D eigenvalue weighted by Crippen LogP contribution is -2.18. The van der Waals surface area contributed by atoms with E-state index in [2.05, 4.69) is 14.5 Å². The third-order valence-electron chi connectivity index (χ3n) is 1.75. The molecule has 0 saturated heterocycles. The first kappa shape index (κ1) is 16.2. The molecule has 0 unspecified atom stereocenters. The summed E-state index contributed by atoms with van der Waals surface area (Å²) in [7, 11) is 1.10. The van der Waals surface area contributed by atoms with Gasteiger partial charge in [-0.3, -0.25) is 0 Å². The first-order valence-electron chi connectivity index (χ1n) is 4.39. The molecular formula is C7H4ClF3N2O6S. The van der Waals surface area contributed by atoms with Gasteiger partial charge in [0, 0.05) is 16.7 Å². The van der Waals surface area contributed by atoms with E-state index in [1.165, 1.54) is 0 Å². The standard InChI is InChI=1S/C7H4ClF3N2O6S/c1-18-5-3(19-7(9,10)11)2-4(20(8,16)17)12-6(5)13(14)15/h2H,1H3. The number of hydrogen-bond acceptors (Lipinski definition) is 7. The van der Waals surface area contributed by atoms with E-state index in [1.54, 1.807) is 0 Å². The zero-order valence-corrected chi connectivity index (χ0v) is 10.9. The van der Waals surface area contributed by atoms with Crippen molar-refractivity contribution in [3.63, 3.8) is 0 Å². The summed E-state index contributed by atoms with van der Waals surface area (Å²) in [6, 6.07) is 0.266. The minimum Gasteiger partial charge on any atom is -0.486 e. The van der Waals surface area contributed by atoms with E-state index in [0.29, 0.717) is 0 Å². The largest absolute Gasteiger partial charge is 0.573 e. The molecule has 0 spiro atoms. The first-order chi connectivity index (χ1) is 8.95. The number of ether oxygens (including phenoxy) is 2. The summed E-state index contributed by atoms with van der Waals surface area (Å²) in [5.74, 6) is -3.52. The SMILES string of the molecule is COc1c(OC(F)(F)F)cc(S(=O)(=O)Cl)nc1[N+](=O)[O-]. The Bertz CT molecular complexity index is 647. The average molecular weight is 337 g/mol. The molecule has 1 heterocycles. The van der Waals surface area contributed by atoms with Crippen LogP contribution in [0.15, 0.2) is 11.1 Å². The quantitative estimate of drug-likeness (QED) is 0.468. The number of nitro groups is 1. The van der Waals surface area contributed by atoms with E-state index in [-0.39, 0.29) is 6.07 Å². The molecule has 20 heavy (non-hydrogen) atoms. The normalized spacial score (nSPS) is 12.1. The third kappa shape index (κ3) is 3.84. The van der Waals surface area contributed by atoms with Gasteiger partial charge in [-0.15, -0.1) is 13.2 Å². The van der Waals surface area contributed by atoms with Crippen molar-refractivity contribution in [2.75, 3.05) is 7.11 Å². The van der Waals surface area contributed by atoms with Gasteiger partial charge in [0.25, 0.3) is 10.8 Å². The van der Waals surface area contributed by atoms with Gasteiger partial charge in [-0.05, 0) is 9.91 Å². The molecule has 0 saturated carbocycles. The van der Waals surface area contributed by atoms with Gasteiger partial charge >= 0.3 is 21.2 Å². The van der Waals surface area contributed by atoms with Crippen molar-refractivity contribution < 1.29 is 36.0 Å². The van der Waals surface area contributed by atoms with Crippen LogP contribution in [0.1, 0.15) is 0 Å². The molecule has 1 aromatic rings. The highest BCUT2D eigenvalue weighted by atomic mass is 35.7. The van der Waals surface area contributed by atoms with Crippen molar-refractivity contribution in [1.82, 2.24) is 4.98 Å². The zero-order valence-electron chi connectivity index (χ0n) is 9.34. The highest BCUT2D eigenvalue weighted by Gasteiger charge is 2.37. The lowest BCUT2D eigenvalue weighted by atomic mass is 10.4. The summed E-state index contributed by atoms with van der Waals surface area (Å²) in [6.45, 7) is 0. The van der Waals surface area contributed by atoms with Crippen LogP contribution in [0.25, 0.3) is 0 Å². The molecule has 0 aromatic carbocycles. The Morgan fingerprint density at radius 2 is 2.00 bits per heavy atom. The van der Waals surface area contributed by atoms with Crippen molar-refractivity contribution in [2.45, 2.75) is 11.4 Å². The van der Waals surface area contributed by atoms with Crippen molar-refractivity contribution >= 4 is 25.6 Å². The summed E-state index contributed by atoms with van der Waals surface area (Å²) in [5, 5.41) is 9.49. The fourth-order valence-electron chi connectivity index (χ4n) is 1.12. The van der Waals surface area contributed by atoms with E-state index in [0.717, 1.165) is 7.11 Å². The summed E-state index contributed by atoms with van der Waals surface area (Å²) in [4.78, 5) is 12.4. The van der Waals surface area contributed by atoms with Crippen LogP contribution in [0, 0.1) is 10.1 Å². The Hall–Kier alpha value is -1.82. The molecule has 0 fully saturated rings. The van der Waals surface area contributed by atoms with Gasteiger partial charge in [-0.1, -0.05) is 0 Å². The second kappa shape index (κ2) is 5.28. The topological polar surface area (TPSA) is 109 Å². The fraction of sp³-hybridized carbons (Fsp3) is 0.286. The van der Waals surface area contributed by atoms with E-state index in [1.807, 2.05) is 0 Å². The Morgan fingerprint density at radius 1 is 1.45 bits per heavy atom. The summed E-state index contributed by atoms with van der Waals surface area (Å²) < 4.78 is 66.4. The molecule has 0 aliphatic carbocycles. The molecule has 0 atom stereocenters. The van der Waals surface area contributed by atoms with Crippen LogP contribution in [0.2, 0.25) is 0 Å². The molecule has 0 N–H and O–H groups in total. The third-order valence-corrected chi connectivity index (χ3v) is 2.93. The van der Waals surface area contributed by atoms with Crippen LogP contribution in [0.5, 0.6) is 11.5 Å². The van der Waals surface area contributed by atoms with Crippen LogP contribution in [-0.4, -0.2) is 31.8 Å². The summed E-state index contributed by atoms with van der Waals surface area (Å²) in [5.41, 5.74) is 0. The maximum absolute atomic E-state index is 12.2. The van der Waals surface area contributed by atoms with Gasteiger partial charge in [0.15, 0.2) is 5.75 Å². The number of aromatic nitrogens is 1. The van der Waals surface area contributed by atoms with Gasteiger partial charge in [0.2, 0.25) is 0 Å². The number of hydrogen-bond donors (Lipinski definition) is 0. The summed E-state index contributed by atoms with van der Waals surface area (Å²) in [6.07, 6.45) is -5.23. The molecule has 8 nitrogen and oxygen atoms in total. The number of methoxy groups -OCH3 is 1. The second-order valence-corrected chi connectivity index (χ2v) is 5.57. The minimum atomic E-state index is -5.23. The first-order valence-corrected chi connectivity index (χ1v) is 6.70. The van der Waals surface area contributed by atoms with E-state index in [4.69, 9.17) is 10.7 Å². The van der Waals surface area contributed by atoms with E-state index in [9.17, 15) is 31.7 Å². The van der Waals surface area contributed by atoms with Crippen molar-refractivity contribution in [3.05, 3.63) is 16.2 Å². The molecule has 0 aliphatic heterocycles. The monoisotopic (exact) mass is 336 g/mol. The molecule has 0 radical (unpaired) electrons. The molecule has 0 aliphatic rings. The highest BCUT2D eigenvalue weighted by molar-refractivity contribution is 8.13.